The van der Waals surface area contributed by atoms with E-state index in [0.29, 0.717) is 19.6 Å². The normalized spacial score (nSPS) is 42.2. The average Bonchev–Trinajstić information content (AvgIpc) is 2.11. The number of aliphatic hydroxyl groups is 3. The van der Waals surface area contributed by atoms with E-state index in [-0.39, 0.29) is 6.04 Å². The number of aliphatic hydroxyl groups excluding tert-OH is 3. The quantitative estimate of drug-likeness (QED) is 0.394. The first-order valence-electron chi connectivity index (χ1n) is 4.56. The first-order valence-corrected chi connectivity index (χ1v) is 4.56. The molecule has 4 atom stereocenters. The van der Waals surface area contributed by atoms with Crippen LogP contribution >= 0.6 is 0 Å². The van der Waals surface area contributed by atoms with Gasteiger partial charge in [-0.15, -0.1) is 0 Å². The van der Waals surface area contributed by atoms with Gasteiger partial charge >= 0.3 is 0 Å². The molecule has 0 aromatic heterocycles. The van der Waals surface area contributed by atoms with Crippen LogP contribution in [-0.4, -0.2) is 64.2 Å². The van der Waals surface area contributed by atoms with E-state index >= 15 is 0 Å². The molecular formula is C8H18N2O3. The highest BCUT2D eigenvalue weighted by molar-refractivity contribution is 4.92. The molecule has 1 fully saturated rings. The Bertz CT molecular complexity index is 167. The molecule has 13 heavy (non-hydrogen) atoms. The van der Waals surface area contributed by atoms with E-state index in [2.05, 4.69) is 0 Å². The minimum atomic E-state index is -1.04. The highest BCUT2D eigenvalue weighted by Gasteiger charge is 2.38. The molecule has 1 aliphatic heterocycles. The maximum Gasteiger partial charge on any atom is 0.108 e. The van der Waals surface area contributed by atoms with Crippen molar-refractivity contribution >= 4 is 0 Å². The molecule has 1 rings (SSSR count). The molecule has 0 aromatic rings. The van der Waals surface area contributed by atoms with Gasteiger partial charge in [0.25, 0.3) is 0 Å². The molecule has 0 radical (unpaired) electrons. The predicted octanol–water partition coefficient (Wildman–Crippen LogP) is -2.27. The second kappa shape index (κ2) is 4.34. The first-order chi connectivity index (χ1) is 6.07. The van der Waals surface area contributed by atoms with Crippen molar-refractivity contribution in [3.8, 4) is 0 Å². The summed E-state index contributed by atoms with van der Waals surface area (Å²) in [6.07, 6.45) is -2.81. The standard InChI is InChI=1S/C8H18N2O3/c1-5-7(12)8(13)6(11)4-10(5)3-2-9/h5-8,11-13H,2-4,9H2,1H3/t5-,6+,7-,8-/m1/s1. The van der Waals surface area contributed by atoms with Crippen LogP contribution in [0.4, 0.5) is 0 Å². The number of β-amino-alcohol motifs (C(OH)–C–C–N with tert-alkyl or cyclic N) is 1. The van der Waals surface area contributed by atoms with Crippen LogP contribution in [-0.2, 0) is 0 Å². The number of hydrogen-bond acceptors (Lipinski definition) is 5. The number of hydrogen-bond donors (Lipinski definition) is 4. The van der Waals surface area contributed by atoms with E-state index in [9.17, 15) is 15.3 Å². The van der Waals surface area contributed by atoms with Gasteiger partial charge in [-0.05, 0) is 6.92 Å². The van der Waals surface area contributed by atoms with Crippen LogP contribution in [0.2, 0.25) is 0 Å². The van der Waals surface area contributed by atoms with Crippen molar-refractivity contribution in [3.05, 3.63) is 0 Å². The second-order valence-electron chi connectivity index (χ2n) is 3.57. The summed E-state index contributed by atoms with van der Waals surface area (Å²) in [5, 5.41) is 28.2. The summed E-state index contributed by atoms with van der Waals surface area (Å²) in [4.78, 5) is 1.88. The third kappa shape index (κ3) is 2.18. The van der Waals surface area contributed by atoms with Crippen LogP contribution in [0, 0.1) is 0 Å². The van der Waals surface area contributed by atoms with E-state index in [1.807, 2.05) is 11.8 Å². The van der Waals surface area contributed by atoms with E-state index in [1.165, 1.54) is 0 Å². The maximum atomic E-state index is 9.52. The number of likely N-dealkylation sites (tertiary alicyclic amines) is 1. The predicted molar refractivity (Wildman–Crippen MR) is 48.1 cm³/mol. The van der Waals surface area contributed by atoms with Crippen molar-refractivity contribution in [2.45, 2.75) is 31.3 Å². The van der Waals surface area contributed by atoms with Crippen molar-refractivity contribution in [1.29, 1.82) is 0 Å². The summed E-state index contributed by atoms with van der Waals surface area (Å²) in [5.74, 6) is 0. The molecular weight excluding hydrogens is 172 g/mol. The Labute approximate surface area is 77.8 Å². The molecule has 1 saturated heterocycles. The van der Waals surface area contributed by atoms with Gasteiger partial charge in [0, 0.05) is 25.7 Å². The van der Waals surface area contributed by atoms with Gasteiger partial charge in [0.15, 0.2) is 0 Å². The van der Waals surface area contributed by atoms with Gasteiger partial charge in [-0.1, -0.05) is 0 Å². The van der Waals surface area contributed by atoms with Crippen LogP contribution in [0.15, 0.2) is 0 Å². The van der Waals surface area contributed by atoms with Crippen molar-refractivity contribution in [2.75, 3.05) is 19.6 Å². The van der Waals surface area contributed by atoms with E-state index in [1.54, 1.807) is 0 Å². The summed E-state index contributed by atoms with van der Waals surface area (Å²) in [7, 11) is 0. The summed E-state index contributed by atoms with van der Waals surface area (Å²) in [5.41, 5.74) is 5.38. The van der Waals surface area contributed by atoms with Gasteiger partial charge in [-0.25, -0.2) is 0 Å². The third-order valence-electron chi connectivity index (χ3n) is 2.65. The van der Waals surface area contributed by atoms with Gasteiger partial charge in [0.2, 0.25) is 0 Å². The lowest BCUT2D eigenvalue weighted by Crippen LogP contribution is -2.60. The smallest absolute Gasteiger partial charge is 0.108 e. The monoisotopic (exact) mass is 190 g/mol. The number of nitrogens with two attached hydrogens (primary N) is 1. The molecule has 0 bridgehead atoms. The molecule has 1 aliphatic rings. The minimum absolute atomic E-state index is 0.151. The Morgan fingerprint density at radius 1 is 1.31 bits per heavy atom. The molecule has 5 heteroatoms. The Hall–Kier alpha value is -0.200. The molecule has 5 nitrogen and oxygen atoms in total. The van der Waals surface area contributed by atoms with Gasteiger partial charge in [-0.3, -0.25) is 4.90 Å². The molecule has 0 spiro atoms. The fourth-order valence-electron chi connectivity index (χ4n) is 1.70. The largest absolute Gasteiger partial charge is 0.389 e. The van der Waals surface area contributed by atoms with Crippen LogP contribution < -0.4 is 5.73 Å². The molecule has 0 saturated carbocycles. The van der Waals surface area contributed by atoms with Crippen LogP contribution in [0.3, 0.4) is 0 Å². The van der Waals surface area contributed by atoms with E-state index in [0.717, 1.165) is 0 Å². The van der Waals surface area contributed by atoms with Crippen LogP contribution in [0.1, 0.15) is 6.92 Å². The Kier molecular flexibility index (Phi) is 3.63. The molecule has 0 aliphatic carbocycles. The molecule has 0 amide bonds. The van der Waals surface area contributed by atoms with E-state index in [4.69, 9.17) is 5.73 Å². The Morgan fingerprint density at radius 2 is 1.92 bits per heavy atom. The van der Waals surface area contributed by atoms with Gasteiger partial charge in [-0.2, -0.15) is 0 Å². The zero-order valence-corrected chi connectivity index (χ0v) is 7.80. The lowest BCUT2D eigenvalue weighted by molar-refractivity contribution is -0.132. The Balaban J connectivity index is 2.59. The van der Waals surface area contributed by atoms with Crippen molar-refractivity contribution in [1.82, 2.24) is 4.90 Å². The second-order valence-corrected chi connectivity index (χ2v) is 3.57. The Morgan fingerprint density at radius 3 is 2.46 bits per heavy atom. The lowest BCUT2D eigenvalue weighted by atomic mass is 9.95. The zero-order valence-electron chi connectivity index (χ0n) is 7.80. The van der Waals surface area contributed by atoms with Crippen molar-refractivity contribution in [2.24, 2.45) is 5.73 Å². The average molecular weight is 190 g/mol. The van der Waals surface area contributed by atoms with Gasteiger partial charge in [0.1, 0.15) is 6.10 Å². The number of rotatable bonds is 2. The highest BCUT2D eigenvalue weighted by atomic mass is 16.4. The van der Waals surface area contributed by atoms with E-state index < -0.39 is 18.3 Å². The first kappa shape index (κ1) is 10.9. The van der Waals surface area contributed by atoms with Gasteiger partial charge < -0.3 is 21.1 Å². The molecule has 5 N–H and O–H groups in total. The maximum absolute atomic E-state index is 9.52. The van der Waals surface area contributed by atoms with Crippen molar-refractivity contribution in [3.63, 3.8) is 0 Å². The summed E-state index contributed by atoms with van der Waals surface area (Å²) in [6.45, 7) is 3.30. The van der Waals surface area contributed by atoms with Crippen LogP contribution in [0.25, 0.3) is 0 Å². The zero-order chi connectivity index (χ0) is 10.0. The highest BCUT2D eigenvalue weighted by Crippen LogP contribution is 2.17. The minimum Gasteiger partial charge on any atom is -0.389 e. The lowest BCUT2D eigenvalue weighted by Gasteiger charge is -2.42. The third-order valence-corrected chi connectivity index (χ3v) is 2.65. The molecule has 0 aromatic carbocycles. The van der Waals surface area contributed by atoms with Crippen molar-refractivity contribution < 1.29 is 15.3 Å². The molecule has 1 heterocycles. The summed E-state index contributed by atoms with van der Waals surface area (Å²) < 4.78 is 0. The molecule has 78 valence electrons. The fraction of sp³-hybridized carbons (Fsp3) is 1.00. The molecule has 0 unspecified atom stereocenters. The van der Waals surface area contributed by atoms with Gasteiger partial charge in [0.05, 0.1) is 12.2 Å². The topological polar surface area (TPSA) is 90.0 Å². The van der Waals surface area contributed by atoms with Crippen LogP contribution in [0.5, 0.6) is 0 Å². The number of nitrogens with zero attached hydrogens (tertiary/aromatic N) is 1. The summed E-state index contributed by atoms with van der Waals surface area (Å²) >= 11 is 0. The SMILES string of the molecule is C[C@@H]1[C@@H](O)[C@H](O)[C@@H](O)CN1CCN. The number of piperidine rings is 1. The fourth-order valence-corrected chi connectivity index (χ4v) is 1.70. The summed E-state index contributed by atoms with van der Waals surface area (Å²) in [6, 6.07) is -0.151.